The minimum atomic E-state index is -3.58. The van der Waals surface area contributed by atoms with Crippen molar-refractivity contribution in [2.24, 2.45) is 0 Å². The first-order valence-corrected chi connectivity index (χ1v) is 8.22. The van der Waals surface area contributed by atoms with Crippen LogP contribution in [0, 0.1) is 0 Å². The van der Waals surface area contributed by atoms with E-state index in [1.807, 2.05) is 13.8 Å². The first kappa shape index (κ1) is 15.1. The van der Waals surface area contributed by atoms with Crippen molar-refractivity contribution in [3.63, 3.8) is 0 Å². The average Bonchev–Trinajstić information content (AvgIpc) is 2.26. The molecule has 0 spiro atoms. The average molecular weight is 323 g/mol. The molecule has 0 bridgehead atoms. The zero-order valence-electron chi connectivity index (χ0n) is 10.7. The van der Waals surface area contributed by atoms with Gasteiger partial charge in [0.05, 0.1) is 4.90 Å². The predicted molar refractivity (Wildman–Crippen MR) is 77.3 cm³/mol. The van der Waals surface area contributed by atoms with E-state index in [4.69, 9.17) is 23.2 Å². The summed E-state index contributed by atoms with van der Waals surface area (Å²) >= 11 is 11.8. The minimum absolute atomic E-state index is 0.105. The summed E-state index contributed by atoms with van der Waals surface area (Å²) in [5.74, 6) is 0. The zero-order chi connectivity index (χ0) is 14.2. The van der Waals surface area contributed by atoms with Crippen LogP contribution in [0.2, 0.25) is 10.0 Å². The monoisotopic (exact) mass is 322 g/mol. The largest absolute Gasteiger partial charge is 0.314 e. The number of rotatable bonds is 2. The van der Waals surface area contributed by atoms with Crippen LogP contribution in [0.3, 0.4) is 0 Å². The molecule has 0 aliphatic carbocycles. The Morgan fingerprint density at radius 2 is 1.58 bits per heavy atom. The van der Waals surface area contributed by atoms with E-state index in [2.05, 4.69) is 5.32 Å². The molecule has 1 aromatic carbocycles. The molecule has 1 aromatic rings. The third-order valence-corrected chi connectivity index (χ3v) is 5.70. The number of piperazine rings is 1. The van der Waals surface area contributed by atoms with Crippen LogP contribution in [0.15, 0.2) is 23.1 Å². The molecular formula is C12H16Cl2N2O2S. The molecular weight excluding hydrogens is 307 g/mol. The topological polar surface area (TPSA) is 49.4 Å². The maximum atomic E-state index is 12.7. The van der Waals surface area contributed by atoms with Crippen LogP contribution in [0.5, 0.6) is 0 Å². The molecule has 2 atom stereocenters. The van der Waals surface area contributed by atoms with Crippen LogP contribution >= 0.6 is 23.2 Å². The Morgan fingerprint density at radius 1 is 1.11 bits per heavy atom. The SMILES string of the molecule is CC1CNCC(C)N1S(=O)(=O)c1cc(Cl)cc(Cl)c1. The summed E-state index contributed by atoms with van der Waals surface area (Å²) in [6.07, 6.45) is 0. The molecule has 1 aliphatic rings. The Hall–Kier alpha value is -0.330. The predicted octanol–water partition coefficient (Wildman–Crippen LogP) is 2.36. The lowest BCUT2D eigenvalue weighted by Crippen LogP contribution is -2.57. The maximum Gasteiger partial charge on any atom is 0.243 e. The van der Waals surface area contributed by atoms with E-state index in [1.165, 1.54) is 22.5 Å². The highest BCUT2D eigenvalue weighted by atomic mass is 35.5. The Labute approximate surface area is 123 Å². The minimum Gasteiger partial charge on any atom is -0.314 e. The number of benzene rings is 1. The fourth-order valence-corrected chi connectivity index (χ4v) is 4.94. The molecule has 0 aromatic heterocycles. The second-order valence-corrected chi connectivity index (χ2v) is 7.51. The molecule has 2 rings (SSSR count). The number of hydrogen-bond acceptors (Lipinski definition) is 3. The van der Waals surface area contributed by atoms with Gasteiger partial charge in [-0.2, -0.15) is 4.31 Å². The van der Waals surface area contributed by atoms with Gasteiger partial charge < -0.3 is 5.32 Å². The van der Waals surface area contributed by atoms with Crippen molar-refractivity contribution in [1.82, 2.24) is 9.62 Å². The summed E-state index contributed by atoms with van der Waals surface area (Å²) in [5, 5.41) is 3.84. The summed E-state index contributed by atoms with van der Waals surface area (Å²) in [6.45, 7) is 5.04. The van der Waals surface area contributed by atoms with Crippen molar-refractivity contribution in [3.05, 3.63) is 28.2 Å². The van der Waals surface area contributed by atoms with Crippen LogP contribution in [0.4, 0.5) is 0 Å². The van der Waals surface area contributed by atoms with E-state index < -0.39 is 10.0 Å². The van der Waals surface area contributed by atoms with Gasteiger partial charge in [0.2, 0.25) is 10.0 Å². The summed E-state index contributed by atoms with van der Waals surface area (Å²) in [7, 11) is -3.58. The smallest absolute Gasteiger partial charge is 0.243 e. The van der Waals surface area contributed by atoms with E-state index in [9.17, 15) is 8.42 Å². The lowest BCUT2D eigenvalue weighted by atomic mass is 10.2. The number of nitrogens with one attached hydrogen (secondary N) is 1. The van der Waals surface area contributed by atoms with Gasteiger partial charge in [-0.25, -0.2) is 8.42 Å². The van der Waals surface area contributed by atoms with Crippen molar-refractivity contribution in [2.45, 2.75) is 30.8 Å². The van der Waals surface area contributed by atoms with Crippen molar-refractivity contribution >= 4 is 33.2 Å². The zero-order valence-corrected chi connectivity index (χ0v) is 13.1. The van der Waals surface area contributed by atoms with Crippen LogP contribution in [-0.4, -0.2) is 37.9 Å². The van der Waals surface area contributed by atoms with Crippen LogP contribution in [0.1, 0.15) is 13.8 Å². The van der Waals surface area contributed by atoms with Gasteiger partial charge in [0.15, 0.2) is 0 Å². The van der Waals surface area contributed by atoms with Crippen molar-refractivity contribution < 1.29 is 8.42 Å². The molecule has 1 aliphatic heterocycles. The molecule has 1 N–H and O–H groups in total. The molecule has 1 heterocycles. The van der Waals surface area contributed by atoms with Crippen molar-refractivity contribution in [3.8, 4) is 0 Å². The Morgan fingerprint density at radius 3 is 2.05 bits per heavy atom. The van der Waals surface area contributed by atoms with E-state index in [0.29, 0.717) is 23.1 Å². The maximum absolute atomic E-state index is 12.7. The molecule has 0 amide bonds. The van der Waals surface area contributed by atoms with Crippen LogP contribution in [0.25, 0.3) is 0 Å². The Bertz CT molecular complexity index is 547. The lowest BCUT2D eigenvalue weighted by molar-refractivity contribution is 0.220. The molecule has 0 saturated carbocycles. The molecule has 4 nitrogen and oxygen atoms in total. The quantitative estimate of drug-likeness (QED) is 0.909. The van der Waals surface area contributed by atoms with E-state index in [0.717, 1.165) is 0 Å². The lowest BCUT2D eigenvalue weighted by Gasteiger charge is -2.38. The highest BCUT2D eigenvalue weighted by Gasteiger charge is 2.35. The van der Waals surface area contributed by atoms with Gasteiger partial charge in [-0.3, -0.25) is 0 Å². The van der Waals surface area contributed by atoms with E-state index in [-0.39, 0.29) is 17.0 Å². The second-order valence-electron chi connectivity index (χ2n) is 4.80. The fraction of sp³-hybridized carbons (Fsp3) is 0.500. The summed E-state index contributed by atoms with van der Waals surface area (Å²) in [4.78, 5) is 0.144. The third-order valence-electron chi connectivity index (χ3n) is 3.16. The van der Waals surface area contributed by atoms with Crippen molar-refractivity contribution in [1.29, 1.82) is 0 Å². The molecule has 19 heavy (non-hydrogen) atoms. The van der Waals surface area contributed by atoms with Crippen molar-refractivity contribution in [2.75, 3.05) is 13.1 Å². The van der Waals surface area contributed by atoms with Gasteiger partial charge in [0, 0.05) is 35.2 Å². The van der Waals surface area contributed by atoms with Gasteiger partial charge in [-0.15, -0.1) is 0 Å². The molecule has 7 heteroatoms. The molecule has 1 saturated heterocycles. The van der Waals surface area contributed by atoms with Gasteiger partial charge >= 0.3 is 0 Å². The molecule has 1 fully saturated rings. The first-order valence-electron chi connectivity index (χ1n) is 6.02. The number of sulfonamides is 1. The highest BCUT2D eigenvalue weighted by Crippen LogP contribution is 2.27. The number of halogens is 2. The van der Waals surface area contributed by atoms with Gasteiger partial charge in [-0.1, -0.05) is 23.2 Å². The standard InChI is InChI=1S/C12H16Cl2N2O2S/c1-8-6-15-7-9(2)16(8)19(17,18)12-4-10(13)3-11(14)5-12/h3-5,8-9,15H,6-7H2,1-2H3. The summed E-state index contributed by atoms with van der Waals surface area (Å²) < 4.78 is 26.9. The highest BCUT2D eigenvalue weighted by molar-refractivity contribution is 7.89. The Kier molecular flexibility index (Phi) is 4.42. The number of nitrogens with zero attached hydrogens (tertiary/aromatic N) is 1. The fourth-order valence-electron chi connectivity index (χ4n) is 2.39. The number of hydrogen-bond donors (Lipinski definition) is 1. The Balaban J connectivity index is 2.46. The van der Waals surface area contributed by atoms with Gasteiger partial charge in [0.1, 0.15) is 0 Å². The third kappa shape index (κ3) is 3.06. The molecule has 0 radical (unpaired) electrons. The van der Waals surface area contributed by atoms with Gasteiger partial charge in [-0.05, 0) is 32.0 Å². The van der Waals surface area contributed by atoms with Gasteiger partial charge in [0.25, 0.3) is 0 Å². The summed E-state index contributed by atoms with van der Waals surface area (Å²) in [6, 6.07) is 4.18. The second kappa shape index (κ2) is 5.58. The first-order chi connectivity index (χ1) is 8.82. The molecule has 2 unspecified atom stereocenters. The van der Waals surface area contributed by atoms with E-state index >= 15 is 0 Å². The van der Waals surface area contributed by atoms with Crippen LogP contribution in [-0.2, 0) is 10.0 Å². The normalized spacial score (nSPS) is 25.5. The molecule has 106 valence electrons. The summed E-state index contributed by atoms with van der Waals surface area (Å²) in [5.41, 5.74) is 0. The van der Waals surface area contributed by atoms with E-state index in [1.54, 1.807) is 0 Å². The van der Waals surface area contributed by atoms with Crippen LogP contribution < -0.4 is 5.32 Å².